The molecular formula is C14H24N4O. The Labute approximate surface area is 114 Å². The molecule has 2 aliphatic heterocycles. The summed E-state index contributed by atoms with van der Waals surface area (Å²) in [6.45, 7) is 7.01. The van der Waals surface area contributed by atoms with E-state index in [2.05, 4.69) is 26.6 Å². The van der Waals surface area contributed by atoms with Crippen LogP contribution in [-0.2, 0) is 13.0 Å². The van der Waals surface area contributed by atoms with Crippen LogP contribution in [0, 0.1) is 5.92 Å². The summed E-state index contributed by atoms with van der Waals surface area (Å²) >= 11 is 0. The average Bonchev–Trinajstić information content (AvgIpc) is 2.90. The fraction of sp³-hybridized carbons (Fsp3) is 0.857. The van der Waals surface area contributed by atoms with Crippen LogP contribution in [0.2, 0.25) is 0 Å². The second kappa shape index (κ2) is 5.59. The predicted octanol–water partition coefficient (Wildman–Crippen LogP) is 1.03. The van der Waals surface area contributed by atoms with Crippen LogP contribution in [0.4, 0.5) is 0 Å². The molecule has 0 amide bonds. The zero-order valence-electron chi connectivity index (χ0n) is 11.8. The lowest BCUT2D eigenvalue weighted by molar-refractivity contribution is 0.194. The number of likely N-dealkylation sites (tertiary alicyclic amines) is 1. The third kappa shape index (κ3) is 2.54. The van der Waals surface area contributed by atoms with Gasteiger partial charge in [-0.2, -0.15) is 0 Å². The lowest BCUT2D eigenvalue weighted by Gasteiger charge is -2.31. The van der Waals surface area contributed by atoms with Gasteiger partial charge in [-0.3, -0.25) is 0 Å². The van der Waals surface area contributed by atoms with Crippen molar-refractivity contribution in [1.82, 2.24) is 19.7 Å². The summed E-state index contributed by atoms with van der Waals surface area (Å²) < 4.78 is 2.32. The van der Waals surface area contributed by atoms with Crippen LogP contribution in [0.25, 0.3) is 0 Å². The minimum Gasteiger partial charge on any atom is -0.396 e. The maximum Gasteiger partial charge on any atom is 0.136 e. The zero-order valence-corrected chi connectivity index (χ0v) is 11.8. The highest BCUT2D eigenvalue weighted by Crippen LogP contribution is 2.29. The summed E-state index contributed by atoms with van der Waals surface area (Å²) in [5, 5.41) is 18.1. The summed E-state index contributed by atoms with van der Waals surface area (Å²) in [5.74, 6) is 3.24. The van der Waals surface area contributed by atoms with Gasteiger partial charge in [0.15, 0.2) is 0 Å². The summed E-state index contributed by atoms with van der Waals surface area (Å²) in [5.41, 5.74) is 0. The van der Waals surface area contributed by atoms with Gasteiger partial charge in [-0.25, -0.2) is 0 Å². The summed E-state index contributed by atoms with van der Waals surface area (Å²) in [6.07, 6.45) is 4.35. The molecule has 0 bridgehead atoms. The molecule has 106 valence electrons. The third-order valence-electron chi connectivity index (χ3n) is 4.75. The topological polar surface area (TPSA) is 54.2 Å². The van der Waals surface area contributed by atoms with Gasteiger partial charge in [0.2, 0.25) is 0 Å². The maximum absolute atomic E-state index is 9.27. The van der Waals surface area contributed by atoms with Crippen LogP contribution in [0.1, 0.15) is 43.8 Å². The normalized spacial score (nSPS) is 25.5. The van der Waals surface area contributed by atoms with Gasteiger partial charge in [-0.1, -0.05) is 6.92 Å². The number of hydrogen-bond donors (Lipinski definition) is 1. The Morgan fingerprint density at radius 1 is 1.16 bits per heavy atom. The van der Waals surface area contributed by atoms with Crippen molar-refractivity contribution in [3.05, 3.63) is 11.6 Å². The Balaban J connectivity index is 1.71. The van der Waals surface area contributed by atoms with Gasteiger partial charge in [0.25, 0.3) is 0 Å². The second-order valence-corrected chi connectivity index (χ2v) is 5.88. The van der Waals surface area contributed by atoms with Gasteiger partial charge in [-0.05, 0) is 44.8 Å². The largest absolute Gasteiger partial charge is 0.396 e. The summed E-state index contributed by atoms with van der Waals surface area (Å²) in [7, 11) is 0. The van der Waals surface area contributed by atoms with Gasteiger partial charge in [0, 0.05) is 25.5 Å². The van der Waals surface area contributed by atoms with Crippen molar-refractivity contribution in [2.24, 2.45) is 5.92 Å². The van der Waals surface area contributed by atoms with Crippen molar-refractivity contribution in [3.63, 3.8) is 0 Å². The first-order chi connectivity index (χ1) is 9.31. The fourth-order valence-electron chi connectivity index (χ4n) is 3.38. The van der Waals surface area contributed by atoms with Crippen molar-refractivity contribution in [3.8, 4) is 0 Å². The zero-order chi connectivity index (χ0) is 13.2. The lowest BCUT2D eigenvalue weighted by atomic mass is 9.94. The van der Waals surface area contributed by atoms with E-state index in [1.54, 1.807) is 0 Å². The van der Waals surface area contributed by atoms with E-state index in [0.29, 0.717) is 11.8 Å². The van der Waals surface area contributed by atoms with Gasteiger partial charge in [-0.15, -0.1) is 10.2 Å². The number of aromatic nitrogens is 3. The summed E-state index contributed by atoms with van der Waals surface area (Å²) in [6, 6.07) is 0. The molecule has 5 heteroatoms. The maximum atomic E-state index is 9.27. The molecule has 1 saturated heterocycles. The highest BCUT2D eigenvalue weighted by atomic mass is 16.3. The van der Waals surface area contributed by atoms with E-state index in [9.17, 15) is 5.11 Å². The van der Waals surface area contributed by atoms with Gasteiger partial charge < -0.3 is 14.6 Å². The quantitative estimate of drug-likeness (QED) is 0.886. The smallest absolute Gasteiger partial charge is 0.136 e. The predicted molar refractivity (Wildman–Crippen MR) is 73.0 cm³/mol. The van der Waals surface area contributed by atoms with E-state index >= 15 is 0 Å². The molecule has 1 fully saturated rings. The first kappa shape index (κ1) is 13.1. The van der Waals surface area contributed by atoms with Crippen LogP contribution < -0.4 is 0 Å². The Kier molecular flexibility index (Phi) is 3.84. The number of nitrogens with zero attached hydrogens (tertiary/aromatic N) is 4. The minimum absolute atomic E-state index is 0.275. The molecule has 1 aromatic rings. The Morgan fingerprint density at radius 3 is 2.63 bits per heavy atom. The monoisotopic (exact) mass is 264 g/mol. The number of aliphatic hydroxyl groups is 1. The van der Waals surface area contributed by atoms with E-state index in [4.69, 9.17) is 0 Å². The van der Waals surface area contributed by atoms with Gasteiger partial charge in [0.1, 0.15) is 11.6 Å². The number of aliphatic hydroxyl groups excluding tert-OH is 1. The molecular weight excluding hydrogens is 240 g/mol. The SMILES string of the molecule is CCN1CCC(c2nnc3n2CCC(CO)C3)CC1. The molecule has 5 nitrogen and oxygen atoms in total. The van der Waals surface area contributed by atoms with Gasteiger partial charge >= 0.3 is 0 Å². The molecule has 1 aromatic heterocycles. The molecule has 0 radical (unpaired) electrons. The molecule has 1 unspecified atom stereocenters. The van der Waals surface area contributed by atoms with Crippen molar-refractivity contribution in [1.29, 1.82) is 0 Å². The first-order valence-electron chi connectivity index (χ1n) is 7.57. The highest BCUT2D eigenvalue weighted by Gasteiger charge is 2.28. The average molecular weight is 264 g/mol. The minimum atomic E-state index is 0.275. The molecule has 3 rings (SSSR count). The number of hydrogen-bond acceptors (Lipinski definition) is 4. The molecule has 2 aliphatic rings. The fourth-order valence-corrected chi connectivity index (χ4v) is 3.38. The lowest BCUT2D eigenvalue weighted by Crippen LogP contribution is -2.34. The molecule has 3 heterocycles. The number of piperidine rings is 1. The van der Waals surface area contributed by atoms with Crippen molar-refractivity contribution >= 4 is 0 Å². The molecule has 0 aromatic carbocycles. The molecule has 1 N–H and O–H groups in total. The van der Waals surface area contributed by atoms with Crippen LogP contribution in [-0.4, -0.2) is 51.0 Å². The van der Waals surface area contributed by atoms with Crippen LogP contribution in [0.3, 0.4) is 0 Å². The van der Waals surface area contributed by atoms with E-state index in [0.717, 1.165) is 31.8 Å². The molecule has 0 saturated carbocycles. The number of rotatable bonds is 3. The van der Waals surface area contributed by atoms with E-state index in [1.165, 1.54) is 31.8 Å². The Morgan fingerprint density at radius 2 is 1.95 bits per heavy atom. The van der Waals surface area contributed by atoms with Crippen LogP contribution in [0.5, 0.6) is 0 Å². The molecule has 19 heavy (non-hydrogen) atoms. The van der Waals surface area contributed by atoms with Gasteiger partial charge in [0.05, 0.1) is 0 Å². The van der Waals surface area contributed by atoms with E-state index < -0.39 is 0 Å². The third-order valence-corrected chi connectivity index (χ3v) is 4.75. The molecule has 0 spiro atoms. The van der Waals surface area contributed by atoms with Crippen molar-refractivity contribution in [2.75, 3.05) is 26.2 Å². The van der Waals surface area contributed by atoms with Crippen LogP contribution >= 0.6 is 0 Å². The Hall–Kier alpha value is -0.940. The molecule has 1 atom stereocenters. The highest BCUT2D eigenvalue weighted by molar-refractivity contribution is 5.06. The van der Waals surface area contributed by atoms with E-state index in [-0.39, 0.29) is 6.61 Å². The van der Waals surface area contributed by atoms with Crippen molar-refractivity contribution in [2.45, 2.75) is 45.1 Å². The standard InChI is InChI=1S/C14H24N4O/c1-2-17-6-4-12(5-7-17)14-16-15-13-9-11(10-19)3-8-18(13)14/h11-12,19H,2-10H2,1H3. The van der Waals surface area contributed by atoms with E-state index in [1.807, 2.05) is 0 Å². The number of fused-ring (bicyclic) bond motifs is 1. The molecule has 0 aliphatic carbocycles. The Bertz CT molecular complexity index is 423. The first-order valence-corrected chi connectivity index (χ1v) is 7.57. The second-order valence-electron chi connectivity index (χ2n) is 5.88. The summed E-state index contributed by atoms with van der Waals surface area (Å²) in [4.78, 5) is 2.51. The van der Waals surface area contributed by atoms with Crippen molar-refractivity contribution < 1.29 is 5.11 Å². The van der Waals surface area contributed by atoms with Crippen LogP contribution in [0.15, 0.2) is 0 Å².